The molecule has 1 unspecified atom stereocenters. The Morgan fingerprint density at radius 3 is 2.35 bits per heavy atom. The highest BCUT2D eigenvalue weighted by Crippen LogP contribution is 2.24. The maximum absolute atomic E-state index is 12.4. The van der Waals surface area contributed by atoms with Crippen LogP contribution in [0.15, 0.2) is 28.8 Å². The predicted molar refractivity (Wildman–Crippen MR) is 89.0 cm³/mol. The number of hydrogen-bond acceptors (Lipinski definition) is 7. The van der Waals surface area contributed by atoms with E-state index < -0.39 is 23.8 Å². The smallest absolute Gasteiger partial charge is 0.329 e. The highest BCUT2D eigenvalue weighted by atomic mass is 16.6. The molecule has 26 heavy (non-hydrogen) atoms. The number of carbonyl (C=O) groups excluding carboxylic acids is 3. The monoisotopic (exact) mass is 357 g/mol. The largest absolute Gasteiger partial charge is 0.454 e. The van der Waals surface area contributed by atoms with E-state index in [9.17, 15) is 14.4 Å². The lowest BCUT2D eigenvalue weighted by atomic mass is 10.1. The summed E-state index contributed by atoms with van der Waals surface area (Å²) in [5.74, 6) is -0.651. The second kappa shape index (κ2) is 7.07. The van der Waals surface area contributed by atoms with Crippen LogP contribution in [0.2, 0.25) is 0 Å². The second-order valence-electron chi connectivity index (χ2n) is 6.51. The van der Waals surface area contributed by atoms with Crippen molar-refractivity contribution in [2.45, 2.75) is 39.8 Å². The van der Waals surface area contributed by atoms with Crippen molar-refractivity contribution in [1.29, 1.82) is 0 Å². The molecule has 0 spiro atoms. The van der Waals surface area contributed by atoms with Crippen molar-refractivity contribution in [3.05, 3.63) is 47.1 Å². The van der Waals surface area contributed by atoms with Gasteiger partial charge in [0.05, 0.1) is 11.1 Å². The summed E-state index contributed by atoms with van der Waals surface area (Å²) in [5, 5.41) is 3.81. The van der Waals surface area contributed by atoms with Gasteiger partial charge in [-0.05, 0) is 25.0 Å². The lowest BCUT2D eigenvalue weighted by Crippen LogP contribution is -2.43. The Bertz CT molecular complexity index is 823. The summed E-state index contributed by atoms with van der Waals surface area (Å²) < 4.78 is 10.2. The number of fused-ring (bicyclic) bond motifs is 1. The minimum atomic E-state index is -1.06. The lowest BCUT2D eigenvalue weighted by Gasteiger charge is -2.20. The first-order chi connectivity index (χ1) is 12.4. The number of rotatable bonds is 6. The fourth-order valence-corrected chi connectivity index (χ4v) is 2.72. The molecule has 0 fully saturated rings. The first-order valence-electron chi connectivity index (χ1n) is 8.33. The van der Waals surface area contributed by atoms with Crippen molar-refractivity contribution in [3.63, 3.8) is 0 Å². The van der Waals surface area contributed by atoms with Crippen molar-refractivity contribution in [2.24, 2.45) is 5.92 Å². The van der Waals surface area contributed by atoms with Crippen molar-refractivity contribution < 1.29 is 23.6 Å². The molecule has 8 heteroatoms. The standard InChI is InChI=1S/C18H19N3O5/c1-10(2)8-14-19-15(26-20-14)9-25-18(24)11(3)21-16(22)12-6-4-5-7-13(12)17(21)23/h4-7,10-11H,8-9H2,1-3H3. The zero-order valence-electron chi connectivity index (χ0n) is 14.8. The molecule has 2 amide bonds. The molecule has 0 saturated carbocycles. The van der Waals surface area contributed by atoms with Crippen LogP contribution in [0.25, 0.3) is 0 Å². The Balaban J connectivity index is 1.63. The average molecular weight is 357 g/mol. The van der Waals surface area contributed by atoms with Gasteiger partial charge in [-0.15, -0.1) is 0 Å². The number of amides is 2. The van der Waals surface area contributed by atoms with E-state index in [2.05, 4.69) is 10.1 Å². The molecular formula is C18H19N3O5. The molecule has 1 aliphatic rings. The summed E-state index contributed by atoms with van der Waals surface area (Å²) in [5.41, 5.74) is 0.569. The summed E-state index contributed by atoms with van der Waals surface area (Å²) in [6.07, 6.45) is 0.656. The molecule has 3 rings (SSSR count). The van der Waals surface area contributed by atoms with Gasteiger partial charge in [0.15, 0.2) is 12.4 Å². The third-order valence-electron chi connectivity index (χ3n) is 3.99. The molecule has 0 bridgehead atoms. The van der Waals surface area contributed by atoms with Gasteiger partial charge in [-0.1, -0.05) is 31.1 Å². The molecule has 1 aromatic heterocycles. The lowest BCUT2D eigenvalue weighted by molar-refractivity contribution is -0.149. The minimum Gasteiger partial charge on any atom is -0.454 e. The molecule has 1 atom stereocenters. The average Bonchev–Trinajstić information content (AvgIpc) is 3.15. The van der Waals surface area contributed by atoms with E-state index in [-0.39, 0.29) is 23.6 Å². The number of esters is 1. The number of ether oxygens (including phenoxy) is 1. The quantitative estimate of drug-likeness (QED) is 0.575. The Hall–Kier alpha value is -3.03. The van der Waals surface area contributed by atoms with Gasteiger partial charge in [0.1, 0.15) is 6.04 Å². The Morgan fingerprint density at radius 2 is 1.77 bits per heavy atom. The van der Waals surface area contributed by atoms with Crippen molar-refractivity contribution in [2.75, 3.05) is 0 Å². The fraction of sp³-hybridized carbons (Fsp3) is 0.389. The highest BCUT2D eigenvalue weighted by Gasteiger charge is 2.41. The van der Waals surface area contributed by atoms with E-state index in [1.165, 1.54) is 6.92 Å². The van der Waals surface area contributed by atoms with Crippen LogP contribution in [0.3, 0.4) is 0 Å². The van der Waals surface area contributed by atoms with Gasteiger partial charge in [0.2, 0.25) is 0 Å². The van der Waals surface area contributed by atoms with Gasteiger partial charge in [-0.25, -0.2) is 4.79 Å². The fourth-order valence-electron chi connectivity index (χ4n) is 2.72. The molecule has 8 nitrogen and oxygen atoms in total. The zero-order chi connectivity index (χ0) is 18.8. The third-order valence-corrected chi connectivity index (χ3v) is 3.99. The third kappa shape index (κ3) is 3.35. The summed E-state index contributed by atoms with van der Waals surface area (Å²) in [7, 11) is 0. The van der Waals surface area contributed by atoms with Crippen LogP contribution >= 0.6 is 0 Å². The molecule has 136 valence electrons. The van der Waals surface area contributed by atoms with E-state index in [4.69, 9.17) is 9.26 Å². The molecule has 2 heterocycles. The summed E-state index contributed by atoms with van der Waals surface area (Å²) >= 11 is 0. The Labute approximate surface area is 150 Å². The topological polar surface area (TPSA) is 103 Å². The van der Waals surface area contributed by atoms with E-state index in [1.54, 1.807) is 24.3 Å². The molecule has 0 aliphatic carbocycles. The number of aromatic nitrogens is 2. The molecule has 1 aromatic carbocycles. The van der Waals surface area contributed by atoms with E-state index >= 15 is 0 Å². The van der Waals surface area contributed by atoms with Gasteiger partial charge in [0.25, 0.3) is 17.7 Å². The van der Waals surface area contributed by atoms with Crippen molar-refractivity contribution >= 4 is 17.8 Å². The van der Waals surface area contributed by atoms with Gasteiger partial charge in [0, 0.05) is 6.42 Å². The van der Waals surface area contributed by atoms with Crippen LogP contribution in [0.5, 0.6) is 0 Å². The van der Waals surface area contributed by atoms with Crippen LogP contribution in [0, 0.1) is 5.92 Å². The normalized spacial score (nSPS) is 14.7. The van der Waals surface area contributed by atoms with Crippen molar-refractivity contribution in [1.82, 2.24) is 15.0 Å². The van der Waals surface area contributed by atoms with Crippen LogP contribution in [-0.2, 0) is 22.6 Å². The first-order valence-corrected chi connectivity index (χ1v) is 8.33. The number of nitrogens with zero attached hydrogens (tertiary/aromatic N) is 3. The molecule has 0 N–H and O–H groups in total. The molecule has 1 aliphatic heterocycles. The van der Waals surface area contributed by atoms with Crippen LogP contribution in [-0.4, -0.2) is 38.9 Å². The first kappa shape index (κ1) is 17.8. The molecule has 2 aromatic rings. The number of carbonyl (C=O) groups is 3. The van der Waals surface area contributed by atoms with Crippen molar-refractivity contribution in [3.8, 4) is 0 Å². The summed E-state index contributed by atoms with van der Waals surface area (Å²) in [6, 6.07) is 5.40. The van der Waals surface area contributed by atoms with Crippen LogP contribution in [0.1, 0.15) is 53.2 Å². The molecular weight excluding hydrogens is 338 g/mol. The van der Waals surface area contributed by atoms with E-state index in [0.29, 0.717) is 18.2 Å². The van der Waals surface area contributed by atoms with Crippen LogP contribution < -0.4 is 0 Å². The van der Waals surface area contributed by atoms with Gasteiger partial charge < -0.3 is 9.26 Å². The maximum Gasteiger partial charge on any atom is 0.329 e. The molecule has 0 radical (unpaired) electrons. The van der Waals surface area contributed by atoms with Gasteiger partial charge >= 0.3 is 5.97 Å². The summed E-state index contributed by atoms with van der Waals surface area (Å²) in [4.78, 5) is 42.1. The van der Waals surface area contributed by atoms with Gasteiger partial charge in [-0.2, -0.15) is 4.98 Å². The Morgan fingerprint density at radius 1 is 1.15 bits per heavy atom. The van der Waals surface area contributed by atoms with E-state index in [1.807, 2.05) is 13.8 Å². The van der Waals surface area contributed by atoms with E-state index in [0.717, 1.165) is 4.90 Å². The maximum atomic E-state index is 12.4. The zero-order valence-corrected chi connectivity index (χ0v) is 14.8. The van der Waals surface area contributed by atoms with Gasteiger partial charge in [-0.3, -0.25) is 14.5 Å². The Kier molecular flexibility index (Phi) is 4.83. The minimum absolute atomic E-state index is 0.170. The predicted octanol–water partition coefficient (Wildman–Crippen LogP) is 2.00. The number of imide groups is 1. The highest BCUT2D eigenvalue weighted by molar-refractivity contribution is 6.22. The second-order valence-corrected chi connectivity index (χ2v) is 6.51. The number of benzene rings is 1. The number of hydrogen-bond donors (Lipinski definition) is 0. The van der Waals surface area contributed by atoms with Crippen LogP contribution in [0.4, 0.5) is 0 Å². The molecule has 0 saturated heterocycles. The summed E-state index contributed by atoms with van der Waals surface area (Å²) in [6.45, 7) is 5.29. The SMILES string of the molecule is CC(C)Cc1noc(COC(=O)C(C)N2C(=O)c3ccccc3C2=O)n1.